The number of nitrogens with one attached hydrogen (secondary N) is 1. The van der Waals surface area contributed by atoms with Crippen LogP contribution in [-0.2, 0) is 6.42 Å². The first-order chi connectivity index (χ1) is 9.10. The molecule has 1 N–H and O–H groups in total. The number of halogens is 2. The molecule has 1 nitrogen and oxygen atoms in total. The van der Waals surface area contributed by atoms with Crippen molar-refractivity contribution in [2.75, 3.05) is 6.54 Å². The Balaban J connectivity index is 2.20. The summed E-state index contributed by atoms with van der Waals surface area (Å²) in [7, 11) is 0. The molecule has 0 spiro atoms. The van der Waals surface area contributed by atoms with Crippen molar-refractivity contribution >= 4 is 43.2 Å². The first-order valence-corrected chi connectivity index (χ1v) is 8.74. The van der Waals surface area contributed by atoms with Gasteiger partial charge in [0.1, 0.15) is 0 Å². The Morgan fingerprint density at radius 2 is 2.05 bits per heavy atom. The van der Waals surface area contributed by atoms with Crippen molar-refractivity contribution in [3.63, 3.8) is 0 Å². The Kier molecular flexibility index (Phi) is 5.63. The number of aryl methyl sites for hydroxylation is 1. The molecule has 0 fully saturated rings. The fourth-order valence-corrected chi connectivity index (χ4v) is 4.29. The van der Waals surface area contributed by atoms with Crippen LogP contribution >= 0.6 is 43.2 Å². The molecule has 0 saturated heterocycles. The molecule has 0 aliphatic carbocycles. The molecule has 1 aromatic carbocycles. The maximum absolute atomic E-state index is 3.58. The zero-order chi connectivity index (χ0) is 13.8. The van der Waals surface area contributed by atoms with Crippen LogP contribution in [0, 0.1) is 6.92 Å². The van der Waals surface area contributed by atoms with Gasteiger partial charge in [0.2, 0.25) is 0 Å². The number of hydrogen-bond donors (Lipinski definition) is 1. The van der Waals surface area contributed by atoms with E-state index in [0.29, 0.717) is 6.04 Å². The normalized spacial score (nSPS) is 12.6. The Hall–Kier alpha value is -0.160. The fraction of sp³-hybridized carbons (Fsp3) is 0.333. The molecule has 102 valence electrons. The van der Waals surface area contributed by atoms with Crippen LogP contribution in [0.25, 0.3) is 0 Å². The van der Waals surface area contributed by atoms with Gasteiger partial charge in [-0.3, -0.25) is 0 Å². The molecule has 1 unspecified atom stereocenters. The van der Waals surface area contributed by atoms with Crippen LogP contribution in [-0.4, -0.2) is 6.54 Å². The number of hydrogen-bond acceptors (Lipinski definition) is 2. The van der Waals surface area contributed by atoms with Crippen molar-refractivity contribution < 1.29 is 0 Å². The van der Waals surface area contributed by atoms with E-state index in [9.17, 15) is 0 Å². The predicted molar refractivity (Wildman–Crippen MR) is 91.0 cm³/mol. The Morgan fingerprint density at radius 3 is 2.63 bits per heavy atom. The van der Waals surface area contributed by atoms with Gasteiger partial charge in [-0.25, -0.2) is 0 Å². The van der Waals surface area contributed by atoms with Crippen LogP contribution in [0.1, 0.15) is 29.0 Å². The lowest BCUT2D eigenvalue weighted by molar-refractivity contribution is 0.558. The first-order valence-electron chi connectivity index (χ1n) is 6.33. The number of likely N-dealkylation sites (N-methyl/N-ethyl adjacent to an activating group) is 1. The summed E-state index contributed by atoms with van der Waals surface area (Å²) in [6.45, 7) is 5.27. The maximum atomic E-state index is 3.58. The number of rotatable bonds is 5. The van der Waals surface area contributed by atoms with Crippen LogP contribution in [0.2, 0.25) is 0 Å². The van der Waals surface area contributed by atoms with Crippen LogP contribution in [0.15, 0.2) is 38.6 Å². The lowest BCUT2D eigenvalue weighted by Crippen LogP contribution is -2.22. The largest absolute Gasteiger partial charge is 0.309 e. The third-order valence-electron chi connectivity index (χ3n) is 2.98. The molecular formula is C15H17Br2NS. The zero-order valence-electron chi connectivity index (χ0n) is 11.0. The van der Waals surface area contributed by atoms with Crippen molar-refractivity contribution in [2.45, 2.75) is 26.3 Å². The van der Waals surface area contributed by atoms with E-state index in [1.165, 1.54) is 16.0 Å². The quantitative estimate of drug-likeness (QED) is 0.698. The minimum Gasteiger partial charge on any atom is -0.309 e. The Bertz CT molecular complexity index is 531. The molecule has 1 heterocycles. The molecular weight excluding hydrogens is 386 g/mol. The van der Waals surface area contributed by atoms with Crippen molar-refractivity contribution in [1.29, 1.82) is 0 Å². The van der Waals surface area contributed by atoms with Gasteiger partial charge in [0.05, 0.1) is 3.79 Å². The lowest BCUT2D eigenvalue weighted by Gasteiger charge is -2.16. The Labute approximate surface area is 135 Å². The SMILES string of the molecule is CCNC(Cc1cccc(C)c1)c1cc(Br)c(Br)s1. The third kappa shape index (κ3) is 4.15. The summed E-state index contributed by atoms with van der Waals surface area (Å²) < 4.78 is 2.30. The highest BCUT2D eigenvalue weighted by atomic mass is 79.9. The van der Waals surface area contributed by atoms with E-state index >= 15 is 0 Å². The van der Waals surface area contributed by atoms with E-state index in [1.807, 2.05) is 0 Å². The van der Waals surface area contributed by atoms with E-state index in [0.717, 1.165) is 21.2 Å². The topological polar surface area (TPSA) is 12.0 Å². The molecule has 1 aromatic heterocycles. The highest BCUT2D eigenvalue weighted by molar-refractivity contribution is 9.13. The molecule has 0 aliphatic heterocycles. The van der Waals surface area contributed by atoms with Gasteiger partial charge in [-0.05, 0) is 63.4 Å². The predicted octanol–water partition coefficient (Wildman–Crippen LogP) is 5.47. The number of benzene rings is 1. The van der Waals surface area contributed by atoms with E-state index in [4.69, 9.17) is 0 Å². The second-order valence-corrected chi connectivity index (χ2v) is 7.83. The van der Waals surface area contributed by atoms with Crippen LogP contribution < -0.4 is 5.32 Å². The average molecular weight is 403 g/mol. The Morgan fingerprint density at radius 1 is 1.26 bits per heavy atom. The average Bonchev–Trinajstić information content (AvgIpc) is 2.69. The van der Waals surface area contributed by atoms with Crippen LogP contribution in [0.4, 0.5) is 0 Å². The molecule has 4 heteroatoms. The van der Waals surface area contributed by atoms with Crippen molar-refractivity contribution in [1.82, 2.24) is 5.32 Å². The standard InChI is InChI=1S/C15H17Br2NS/c1-3-18-13(14-9-12(16)15(17)19-14)8-11-6-4-5-10(2)7-11/h4-7,9,13,18H,3,8H2,1-2H3. The van der Waals surface area contributed by atoms with Gasteiger partial charge < -0.3 is 5.32 Å². The highest BCUT2D eigenvalue weighted by Gasteiger charge is 2.15. The van der Waals surface area contributed by atoms with E-state index in [-0.39, 0.29) is 0 Å². The van der Waals surface area contributed by atoms with Gasteiger partial charge in [0.25, 0.3) is 0 Å². The first kappa shape index (κ1) is 15.2. The zero-order valence-corrected chi connectivity index (χ0v) is 15.0. The minimum absolute atomic E-state index is 0.374. The van der Waals surface area contributed by atoms with E-state index < -0.39 is 0 Å². The van der Waals surface area contributed by atoms with E-state index in [1.54, 1.807) is 11.3 Å². The van der Waals surface area contributed by atoms with Crippen LogP contribution in [0.5, 0.6) is 0 Å². The highest BCUT2D eigenvalue weighted by Crippen LogP contribution is 2.36. The summed E-state index contributed by atoms with van der Waals surface area (Å²) in [5.41, 5.74) is 2.70. The number of thiophene rings is 1. The lowest BCUT2D eigenvalue weighted by atomic mass is 10.0. The molecule has 0 aliphatic rings. The molecule has 0 radical (unpaired) electrons. The minimum atomic E-state index is 0.374. The molecule has 0 bridgehead atoms. The summed E-state index contributed by atoms with van der Waals surface area (Å²) in [6, 6.07) is 11.3. The van der Waals surface area contributed by atoms with E-state index in [2.05, 4.69) is 81.4 Å². The molecule has 2 rings (SSSR count). The smallest absolute Gasteiger partial charge is 0.0843 e. The molecule has 2 aromatic rings. The second kappa shape index (κ2) is 7.02. The fourth-order valence-electron chi connectivity index (χ4n) is 2.13. The summed E-state index contributed by atoms with van der Waals surface area (Å²) >= 11 is 8.94. The van der Waals surface area contributed by atoms with Gasteiger partial charge >= 0.3 is 0 Å². The summed E-state index contributed by atoms with van der Waals surface area (Å²) in [6.07, 6.45) is 1.02. The third-order valence-corrected chi connectivity index (χ3v) is 6.35. The molecule has 0 saturated carbocycles. The van der Waals surface area contributed by atoms with Crippen molar-refractivity contribution in [3.8, 4) is 0 Å². The summed E-state index contributed by atoms with van der Waals surface area (Å²) in [5, 5.41) is 3.58. The molecule has 0 amide bonds. The second-order valence-electron chi connectivity index (χ2n) is 4.57. The molecule has 1 atom stereocenters. The van der Waals surface area contributed by atoms with Gasteiger partial charge in [-0.2, -0.15) is 0 Å². The molecule has 19 heavy (non-hydrogen) atoms. The van der Waals surface area contributed by atoms with Gasteiger partial charge in [-0.1, -0.05) is 36.8 Å². The van der Waals surface area contributed by atoms with Gasteiger partial charge in [-0.15, -0.1) is 11.3 Å². The summed E-state index contributed by atoms with van der Waals surface area (Å²) in [4.78, 5) is 1.36. The summed E-state index contributed by atoms with van der Waals surface area (Å²) in [5.74, 6) is 0. The van der Waals surface area contributed by atoms with Crippen LogP contribution in [0.3, 0.4) is 0 Å². The van der Waals surface area contributed by atoms with Gasteiger partial charge in [0.15, 0.2) is 0 Å². The van der Waals surface area contributed by atoms with Crippen molar-refractivity contribution in [2.24, 2.45) is 0 Å². The maximum Gasteiger partial charge on any atom is 0.0843 e. The monoisotopic (exact) mass is 401 g/mol. The van der Waals surface area contributed by atoms with Crippen molar-refractivity contribution in [3.05, 3.63) is 54.6 Å². The van der Waals surface area contributed by atoms with Gasteiger partial charge in [0, 0.05) is 15.4 Å².